The van der Waals surface area contributed by atoms with Crippen LogP contribution in [0.4, 0.5) is 0 Å². The van der Waals surface area contributed by atoms with E-state index in [-0.39, 0.29) is 32.1 Å². The van der Waals surface area contributed by atoms with Crippen molar-refractivity contribution in [1.29, 1.82) is 0 Å². The molecule has 0 aliphatic rings. The monoisotopic (exact) mass is 732 g/mol. The third-order valence-electron chi connectivity index (χ3n) is 8.95. The standard InChI is InChI=1S/C40H78NO8P/c1-3-5-7-9-11-13-15-17-19-21-23-25-27-29-31-33-40(44)47-36-38(42)37-49-50(45,46)48-35-34-41-39(43)32-30-28-26-24-22-20-18-16-14-12-10-8-6-4-2/h17,19,38,42H,3-16,18,20-37H2,1-2H3,(H,41,43)(H,45,46)/b19-17-. The van der Waals surface area contributed by atoms with Crippen LogP contribution in [-0.2, 0) is 27.9 Å². The number of phosphoric acid groups is 1. The van der Waals surface area contributed by atoms with Crippen LogP contribution in [0.5, 0.6) is 0 Å². The predicted octanol–water partition coefficient (Wildman–Crippen LogP) is 11.0. The normalized spacial score (nSPS) is 13.4. The first-order valence-corrected chi connectivity index (χ1v) is 22.2. The molecule has 0 saturated carbocycles. The molecule has 0 bridgehead atoms. The molecule has 50 heavy (non-hydrogen) atoms. The summed E-state index contributed by atoms with van der Waals surface area (Å²) in [5, 5.41) is 12.7. The molecule has 0 aliphatic carbocycles. The number of aliphatic hydroxyl groups excluding tert-OH is 1. The van der Waals surface area contributed by atoms with Crippen molar-refractivity contribution >= 4 is 19.7 Å². The number of phosphoric ester groups is 1. The second-order valence-corrected chi connectivity index (χ2v) is 15.4. The van der Waals surface area contributed by atoms with Gasteiger partial charge in [0, 0.05) is 19.4 Å². The average molecular weight is 732 g/mol. The van der Waals surface area contributed by atoms with Crippen LogP contribution in [0.1, 0.15) is 200 Å². The summed E-state index contributed by atoms with van der Waals surface area (Å²) in [5.41, 5.74) is 0. The highest BCUT2D eigenvalue weighted by Gasteiger charge is 2.23. The molecule has 0 saturated heterocycles. The quantitative estimate of drug-likeness (QED) is 0.0246. The Balaban J connectivity index is 3.60. The lowest BCUT2D eigenvalue weighted by Crippen LogP contribution is -2.27. The van der Waals surface area contributed by atoms with E-state index in [9.17, 15) is 24.2 Å². The SMILES string of the molecule is CCCCCCCC/C=C\CCCCCCCC(=O)OCC(O)COP(=O)(O)OCCNC(=O)CCCCCCCCCCCCCCCC. The minimum Gasteiger partial charge on any atom is -0.463 e. The van der Waals surface area contributed by atoms with Gasteiger partial charge in [-0.1, -0.05) is 161 Å². The highest BCUT2D eigenvalue weighted by atomic mass is 31.2. The number of hydrogen-bond acceptors (Lipinski definition) is 7. The van der Waals surface area contributed by atoms with Crippen LogP contribution in [-0.4, -0.2) is 54.3 Å². The fourth-order valence-corrected chi connectivity index (χ4v) is 6.54. The van der Waals surface area contributed by atoms with Gasteiger partial charge in [0.2, 0.25) is 5.91 Å². The zero-order chi connectivity index (χ0) is 36.8. The molecule has 0 radical (unpaired) electrons. The average Bonchev–Trinajstić information content (AvgIpc) is 3.10. The minimum atomic E-state index is -4.41. The fraction of sp³-hybridized carbons (Fsp3) is 0.900. The molecular weight excluding hydrogens is 653 g/mol. The maximum atomic E-state index is 12.1. The Bertz CT molecular complexity index is 840. The number of nitrogens with one attached hydrogen (secondary N) is 1. The number of aliphatic hydroxyl groups is 1. The Morgan fingerprint density at radius 1 is 0.600 bits per heavy atom. The molecule has 0 spiro atoms. The Hall–Kier alpha value is -1.25. The largest absolute Gasteiger partial charge is 0.472 e. The van der Waals surface area contributed by atoms with Gasteiger partial charge >= 0.3 is 13.8 Å². The van der Waals surface area contributed by atoms with Crippen molar-refractivity contribution in [2.75, 3.05) is 26.4 Å². The van der Waals surface area contributed by atoms with E-state index in [0.717, 1.165) is 57.8 Å². The minimum absolute atomic E-state index is 0.0852. The number of ether oxygens (including phenoxy) is 1. The summed E-state index contributed by atoms with van der Waals surface area (Å²) in [7, 11) is -4.41. The number of allylic oxidation sites excluding steroid dienone is 2. The van der Waals surface area contributed by atoms with Crippen molar-refractivity contribution in [3.8, 4) is 0 Å². The van der Waals surface area contributed by atoms with Crippen molar-refractivity contribution in [3.63, 3.8) is 0 Å². The summed E-state index contributed by atoms with van der Waals surface area (Å²) >= 11 is 0. The summed E-state index contributed by atoms with van der Waals surface area (Å²) in [6.45, 7) is 3.55. The van der Waals surface area contributed by atoms with Gasteiger partial charge in [-0.2, -0.15) is 0 Å². The highest BCUT2D eigenvalue weighted by molar-refractivity contribution is 7.47. The molecule has 10 heteroatoms. The lowest BCUT2D eigenvalue weighted by atomic mass is 10.0. The zero-order valence-electron chi connectivity index (χ0n) is 32.4. The first kappa shape index (κ1) is 48.8. The van der Waals surface area contributed by atoms with Gasteiger partial charge in [-0.3, -0.25) is 18.6 Å². The molecule has 296 valence electrons. The van der Waals surface area contributed by atoms with E-state index >= 15 is 0 Å². The van der Waals surface area contributed by atoms with Crippen LogP contribution >= 0.6 is 7.82 Å². The predicted molar refractivity (Wildman–Crippen MR) is 206 cm³/mol. The van der Waals surface area contributed by atoms with Crippen LogP contribution in [0.15, 0.2) is 12.2 Å². The Morgan fingerprint density at radius 3 is 1.50 bits per heavy atom. The highest BCUT2D eigenvalue weighted by Crippen LogP contribution is 2.42. The molecule has 1 amide bonds. The summed E-state index contributed by atoms with van der Waals surface area (Å²) in [6, 6.07) is 0. The van der Waals surface area contributed by atoms with E-state index in [4.69, 9.17) is 13.8 Å². The maximum Gasteiger partial charge on any atom is 0.472 e. The van der Waals surface area contributed by atoms with E-state index < -0.39 is 26.5 Å². The number of carbonyl (C=O) groups excluding carboxylic acids is 2. The molecule has 2 unspecified atom stereocenters. The van der Waals surface area contributed by atoms with Gasteiger partial charge in [0.15, 0.2) is 0 Å². The Labute approximate surface area is 307 Å². The van der Waals surface area contributed by atoms with Gasteiger partial charge in [0.05, 0.1) is 13.2 Å². The van der Waals surface area contributed by atoms with Crippen molar-refractivity contribution in [3.05, 3.63) is 12.2 Å². The fourth-order valence-electron chi connectivity index (χ4n) is 5.79. The van der Waals surface area contributed by atoms with Gasteiger partial charge in [0.25, 0.3) is 0 Å². The molecule has 3 N–H and O–H groups in total. The second-order valence-electron chi connectivity index (χ2n) is 14.0. The van der Waals surface area contributed by atoms with Gasteiger partial charge in [-0.15, -0.1) is 0 Å². The molecule has 0 aromatic rings. The molecule has 0 rings (SSSR count). The lowest BCUT2D eigenvalue weighted by molar-refractivity contribution is -0.147. The summed E-state index contributed by atoms with van der Waals surface area (Å²) in [5.74, 6) is -0.518. The van der Waals surface area contributed by atoms with E-state index in [1.54, 1.807) is 0 Å². The van der Waals surface area contributed by atoms with Crippen LogP contribution < -0.4 is 5.32 Å². The van der Waals surface area contributed by atoms with Crippen LogP contribution in [0.3, 0.4) is 0 Å². The van der Waals surface area contributed by atoms with Gasteiger partial charge in [-0.05, 0) is 38.5 Å². The molecule has 0 aromatic heterocycles. The first-order chi connectivity index (χ1) is 24.3. The number of amides is 1. The molecule has 0 aliphatic heterocycles. The Kier molecular flexibility index (Phi) is 36.6. The molecule has 0 aromatic carbocycles. The van der Waals surface area contributed by atoms with E-state index in [1.165, 1.54) is 116 Å². The number of esters is 1. The van der Waals surface area contributed by atoms with Gasteiger partial charge in [-0.25, -0.2) is 4.57 Å². The molecule has 0 fully saturated rings. The lowest BCUT2D eigenvalue weighted by Gasteiger charge is -2.15. The Morgan fingerprint density at radius 2 is 1.02 bits per heavy atom. The smallest absolute Gasteiger partial charge is 0.463 e. The number of carbonyl (C=O) groups is 2. The van der Waals surface area contributed by atoms with Crippen LogP contribution in [0, 0.1) is 0 Å². The molecule has 0 heterocycles. The summed E-state index contributed by atoms with van der Waals surface area (Å²) < 4.78 is 26.8. The van der Waals surface area contributed by atoms with Crippen molar-refractivity contribution in [2.45, 2.75) is 206 Å². The van der Waals surface area contributed by atoms with Crippen molar-refractivity contribution in [2.24, 2.45) is 0 Å². The first-order valence-electron chi connectivity index (χ1n) is 20.7. The van der Waals surface area contributed by atoms with Crippen LogP contribution in [0.25, 0.3) is 0 Å². The van der Waals surface area contributed by atoms with Gasteiger partial charge < -0.3 is 20.1 Å². The topological polar surface area (TPSA) is 131 Å². The van der Waals surface area contributed by atoms with E-state index in [1.807, 2.05) is 0 Å². The molecule has 2 atom stereocenters. The third-order valence-corrected chi connectivity index (χ3v) is 9.93. The zero-order valence-corrected chi connectivity index (χ0v) is 33.3. The number of hydrogen-bond donors (Lipinski definition) is 3. The van der Waals surface area contributed by atoms with Crippen LogP contribution in [0.2, 0.25) is 0 Å². The maximum absolute atomic E-state index is 12.1. The second kappa shape index (κ2) is 37.5. The number of rotatable bonds is 39. The van der Waals surface area contributed by atoms with Gasteiger partial charge in [0.1, 0.15) is 12.7 Å². The summed E-state index contributed by atoms with van der Waals surface area (Å²) in [6.07, 6.45) is 37.1. The van der Waals surface area contributed by atoms with E-state index in [2.05, 4.69) is 31.3 Å². The van der Waals surface area contributed by atoms with E-state index in [0.29, 0.717) is 6.42 Å². The molecule has 9 nitrogen and oxygen atoms in total. The third kappa shape index (κ3) is 38.0. The van der Waals surface area contributed by atoms with Crippen molar-refractivity contribution in [1.82, 2.24) is 5.32 Å². The van der Waals surface area contributed by atoms with Crippen molar-refractivity contribution < 1.29 is 37.9 Å². The number of unbranched alkanes of at least 4 members (excludes halogenated alkanes) is 24. The summed E-state index contributed by atoms with van der Waals surface area (Å²) in [4.78, 5) is 33.8. The molecular formula is C40H78NO8P.